The maximum atomic E-state index is 13.3. The average Bonchev–Trinajstić information content (AvgIpc) is 2.82. The first-order chi connectivity index (χ1) is 16.8. The van der Waals surface area contributed by atoms with Crippen molar-refractivity contribution in [1.29, 1.82) is 0 Å². The molecule has 1 amide bonds. The molecule has 10 heteroatoms. The van der Waals surface area contributed by atoms with Gasteiger partial charge < -0.3 is 9.47 Å². The Hall–Kier alpha value is -3.92. The Morgan fingerprint density at radius 3 is 2.69 bits per heavy atom. The number of anilines is 1. The number of nitrogens with zero attached hydrogens (tertiary/aromatic N) is 3. The Labute approximate surface area is 206 Å². The van der Waals surface area contributed by atoms with Crippen LogP contribution in [0.15, 0.2) is 65.1 Å². The number of aromatic amines is 1. The number of rotatable bonds is 7. The predicted octanol–water partition coefficient (Wildman–Crippen LogP) is 3.24. The van der Waals surface area contributed by atoms with E-state index >= 15 is 0 Å². The molecule has 0 radical (unpaired) electrons. The molecule has 3 aromatic rings. The molecule has 0 aliphatic carbocycles. The molecule has 1 aliphatic heterocycles. The second kappa shape index (κ2) is 10.1. The smallest absolute Gasteiger partial charge is 0.325 e. The number of thioether (sulfide) groups is 1. The molecular formula is C25H25N4O5S+. The van der Waals surface area contributed by atoms with E-state index in [0.717, 1.165) is 0 Å². The quantitative estimate of drug-likeness (QED) is 0.177. The van der Waals surface area contributed by atoms with Gasteiger partial charge in [-0.15, -0.1) is 6.58 Å². The fraction of sp³-hybridized carbons (Fsp3) is 0.240. The van der Waals surface area contributed by atoms with Crippen LogP contribution in [0.1, 0.15) is 32.5 Å². The lowest BCUT2D eigenvalue weighted by molar-refractivity contribution is -0.763. The summed E-state index contributed by atoms with van der Waals surface area (Å²) in [5.74, 6) is 0.444. The second-order valence-electron chi connectivity index (χ2n) is 7.66. The van der Waals surface area contributed by atoms with Gasteiger partial charge in [0, 0.05) is 30.3 Å². The van der Waals surface area contributed by atoms with Crippen LogP contribution in [0.3, 0.4) is 0 Å². The highest BCUT2D eigenvalue weighted by atomic mass is 32.2. The zero-order chi connectivity index (χ0) is 25.1. The number of hydrogen-bond acceptors (Lipinski definition) is 7. The van der Waals surface area contributed by atoms with Crippen molar-refractivity contribution in [2.45, 2.75) is 32.1 Å². The van der Waals surface area contributed by atoms with Crippen LogP contribution in [0.25, 0.3) is 11.3 Å². The molecule has 2 heterocycles. The summed E-state index contributed by atoms with van der Waals surface area (Å²) in [6, 6.07) is 12.2. The third kappa shape index (κ3) is 4.69. The highest BCUT2D eigenvalue weighted by Gasteiger charge is 2.45. The maximum Gasteiger partial charge on any atom is 0.325 e. The zero-order valence-corrected chi connectivity index (χ0v) is 20.4. The van der Waals surface area contributed by atoms with E-state index in [2.05, 4.69) is 11.6 Å². The number of esters is 1. The van der Waals surface area contributed by atoms with E-state index in [9.17, 15) is 14.4 Å². The van der Waals surface area contributed by atoms with Crippen molar-refractivity contribution in [3.63, 3.8) is 0 Å². The topological polar surface area (TPSA) is 105 Å². The van der Waals surface area contributed by atoms with Crippen molar-refractivity contribution in [3.8, 4) is 22.8 Å². The molecule has 1 unspecified atom stereocenters. The van der Waals surface area contributed by atoms with Gasteiger partial charge in [-0.05, 0) is 41.9 Å². The Balaban J connectivity index is 1.99. The first kappa shape index (κ1) is 24.2. The molecule has 0 fully saturated rings. The van der Waals surface area contributed by atoms with E-state index in [-0.39, 0.29) is 17.2 Å². The molecule has 0 bridgehead atoms. The lowest BCUT2D eigenvalue weighted by Gasteiger charge is -2.31. The van der Waals surface area contributed by atoms with Crippen LogP contribution in [0.5, 0.6) is 11.5 Å². The van der Waals surface area contributed by atoms with Gasteiger partial charge in [0.25, 0.3) is 6.17 Å². The molecule has 4 rings (SSSR count). The minimum absolute atomic E-state index is 0.231. The molecule has 0 saturated carbocycles. The van der Waals surface area contributed by atoms with Crippen LogP contribution in [-0.4, -0.2) is 34.3 Å². The summed E-state index contributed by atoms with van der Waals surface area (Å²) in [6.45, 7) is 8.65. The average molecular weight is 494 g/mol. The van der Waals surface area contributed by atoms with Gasteiger partial charge in [-0.2, -0.15) is 0 Å². The van der Waals surface area contributed by atoms with E-state index in [1.165, 1.54) is 25.6 Å². The van der Waals surface area contributed by atoms with Gasteiger partial charge in [0.15, 0.2) is 11.5 Å². The van der Waals surface area contributed by atoms with E-state index in [1.54, 1.807) is 46.0 Å². The normalized spacial score (nSPS) is 14.0. The van der Waals surface area contributed by atoms with Gasteiger partial charge in [-0.3, -0.25) is 19.4 Å². The molecule has 35 heavy (non-hydrogen) atoms. The molecule has 1 aliphatic rings. The third-order valence-electron chi connectivity index (χ3n) is 5.25. The van der Waals surface area contributed by atoms with Gasteiger partial charge in [0.2, 0.25) is 11.1 Å². The van der Waals surface area contributed by atoms with Crippen molar-refractivity contribution >= 4 is 29.3 Å². The summed E-state index contributed by atoms with van der Waals surface area (Å²) in [5, 5.41) is 5.10. The lowest BCUT2D eigenvalue weighted by Crippen LogP contribution is -2.60. The van der Waals surface area contributed by atoms with E-state index in [1.807, 2.05) is 19.1 Å². The van der Waals surface area contributed by atoms with Gasteiger partial charge in [0.05, 0.1) is 17.9 Å². The van der Waals surface area contributed by atoms with Gasteiger partial charge >= 0.3 is 17.2 Å². The summed E-state index contributed by atoms with van der Waals surface area (Å²) < 4.78 is 12.6. The number of amides is 1. The summed E-state index contributed by atoms with van der Waals surface area (Å²) in [5.41, 5.74) is 1.81. The number of carbonyl (C=O) groups excluding carboxylic acids is 2. The summed E-state index contributed by atoms with van der Waals surface area (Å²) in [4.78, 5) is 42.3. The largest absolute Gasteiger partial charge is 0.490 e. The number of fused-ring (bicyclic) bond motifs is 3. The molecule has 0 spiro atoms. The summed E-state index contributed by atoms with van der Waals surface area (Å²) >= 11 is 1.32. The van der Waals surface area contributed by atoms with E-state index < -0.39 is 12.1 Å². The van der Waals surface area contributed by atoms with Crippen molar-refractivity contribution in [2.75, 3.05) is 17.3 Å². The zero-order valence-electron chi connectivity index (χ0n) is 19.6. The monoisotopic (exact) mass is 493 g/mol. The molecule has 1 N–H and O–H groups in total. The lowest BCUT2D eigenvalue weighted by atomic mass is 10.0. The maximum absolute atomic E-state index is 13.3. The van der Waals surface area contributed by atoms with Crippen LogP contribution in [-0.2, 0) is 9.59 Å². The van der Waals surface area contributed by atoms with Crippen molar-refractivity contribution in [3.05, 3.63) is 71.0 Å². The molecule has 9 nitrogen and oxygen atoms in total. The number of nitrogens with one attached hydrogen (secondary N) is 1. The number of carbonyl (C=O) groups is 2. The molecule has 2 aromatic carbocycles. The van der Waals surface area contributed by atoms with Crippen molar-refractivity contribution in [2.24, 2.45) is 0 Å². The molecule has 0 saturated heterocycles. The third-order valence-corrected chi connectivity index (χ3v) is 6.11. The summed E-state index contributed by atoms with van der Waals surface area (Å²) in [6.07, 6.45) is 0.930. The Bertz CT molecular complexity index is 1370. The minimum atomic E-state index is -0.784. The van der Waals surface area contributed by atoms with E-state index in [4.69, 9.17) is 14.6 Å². The number of hydrogen-bond donors (Lipinski definition) is 1. The Kier molecular flexibility index (Phi) is 7.02. The number of aromatic nitrogens is 3. The van der Waals surface area contributed by atoms with Gasteiger partial charge in [0.1, 0.15) is 0 Å². The minimum Gasteiger partial charge on any atom is -0.490 e. The first-order valence-electron chi connectivity index (χ1n) is 11.0. The Morgan fingerprint density at radius 2 is 2.00 bits per heavy atom. The number of para-hydroxylation sites is 1. The SMILES string of the molecule is C=CCSc1n[n+]2c(c(=O)[nH]1)-c1ccccc1N(C(C)=O)C2c1ccc(OC(C)=O)c(OCC)c1. The second-order valence-corrected chi connectivity index (χ2v) is 8.67. The molecule has 180 valence electrons. The predicted molar refractivity (Wildman–Crippen MR) is 132 cm³/mol. The number of benzene rings is 2. The highest BCUT2D eigenvalue weighted by Crippen LogP contribution is 2.39. The molecule has 1 atom stereocenters. The first-order valence-corrected chi connectivity index (χ1v) is 12.0. The van der Waals surface area contributed by atoms with Crippen LogP contribution in [0, 0.1) is 0 Å². The Morgan fingerprint density at radius 1 is 1.23 bits per heavy atom. The van der Waals surface area contributed by atoms with Crippen molar-refractivity contribution < 1.29 is 23.7 Å². The summed E-state index contributed by atoms with van der Waals surface area (Å²) in [7, 11) is 0. The number of H-pyrrole nitrogens is 1. The fourth-order valence-electron chi connectivity index (χ4n) is 4.01. The highest BCUT2D eigenvalue weighted by molar-refractivity contribution is 7.99. The van der Waals surface area contributed by atoms with E-state index in [0.29, 0.717) is 45.8 Å². The standard InChI is InChI=1S/C25H24N4O5S/c1-5-13-35-25-26-23(32)22-18-9-7-8-10-19(18)28(15(3)30)24(29(22)27-25)17-11-12-20(34-16(4)31)21(14-17)33-6-2/h5,7-12,14,24H,1,6,13H2,2-4H3/p+1. The number of ether oxygens (including phenoxy) is 2. The van der Waals surface area contributed by atoms with Gasteiger partial charge in [-0.1, -0.05) is 30.0 Å². The molecule has 1 aromatic heterocycles. The van der Waals surface area contributed by atoms with Crippen LogP contribution in [0.4, 0.5) is 5.69 Å². The van der Waals surface area contributed by atoms with Crippen molar-refractivity contribution in [1.82, 2.24) is 10.1 Å². The van der Waals surface area contributed by atoms with Crippen LogP contribution in [0.2, 0.25) is 0 Å². The van der Waals surface area contributed by atoms with Crippen LogP contribution < -0.4 is 24.6 Å². The molecular weight excluding hydrogens is 468 g/mol. The van der Waals surface area contributed by atoms with Crippen LogP contribution >= 0.6 is 11.8 Å². The van der Waals surface area contributed by atoms with Gasteiger partial charge in [-0.25, -0.2) is 4.90 Å². The fourth-order valence-corrected chi connectivity index (χ4v) is 4.59.